The van der Waals surface area contributed by atoms with Crippen LogP contribution >= 0.6 is 11.6 Å². The quantitative estimate of drug-likeness (QED) is 0.320. The van der Waals surface area contributed by atoms with Gasteiger partial charge in [-0.15, -0.1) is 0 Å². The third kappa shape index (κ3) is 6.33. The number of pyridine rings is 1. The van der Waals surface area contributed by atoms with E-state index in [2.05, 4.69) is 25.6 Å². The third-order valence-corrected chi connectivity index (χ3v) is 8.07. The van der Waals surface area contributed by atoms with Crippen molar-refractivity contribution in [1.82, 2.24) is 25.2 Å². The van der Waals surface area contributed by atoms with Gasteiger partial charge in [0.25, 0.3) is 5.91 Å². The number of halogens is 1. The lowest BCUT2D eigenvalue weighted by molar-refractivity contribution is -0.126. The number of aliphatic hydroxyl groups is 1. The standard InChI is InChI=1S/C30H35ClN6O5/c1-4-24(38)27(19-7-10-32-25(14-19)41-3)35-28(39)17(2)37-16-20-6-5-18(13-22(20)29(37)40)26-23(31)15-33-30(36-26)34-21-8-11-42-12-9-21/h5-7,10,13-15,17,21,24,27,38H,4,8-9,11-12,16H2,1-3H3,(H,35,39)(H,33,34,36)/t17-,24+,27+/m1/s1. The maximum Gasteiger partial charge on any atom is 0.255 e. The molecule has 1 fully saturated rings. The summed E-state index contributed by atoms with van der Waals surface area (Å²) in [5.41, 5.74) is 3.15. The number of nitrogens with zero attached hydrogens (tertiary/aromatic N) is 4. The van der Waals surface area contributed by atoms with E-state index < -0.39 is 18.2 Å². The molecule has 222 valence electrons. The second kappa shape index (κ2) is 13.0. The molecular formula is C30H35ClN6O5. The zero-order valence-corrected chi connectivity index (χ0v) is 24.6. The first-order valence-electron chi connectivity index (χ1n) is 14.1. The van der Waals surface area contributed by atoms with Crippen LogP contribution in [0.15, 0.2) is 42.7 Å². The van der Waals surface area contributed by atoms with Gasteiger partial charge in [-0.2, -0.15) is 0 Å². The number of aliphatic hydroxyl groups excluding tert-OH is 1. The van der Waals surface area contributed by atoms with Gasteiger partial charge in [0.15, 0.2) is 0 Å². The van der Waals surface area contributed by atoms with E-state index in [0.717, 1.165) is 18.4 Å². The summed E-state index contributed by atoms with van der Waals surface area (Å²) in [5, 5.41) is 17.4. The molecule has 3 N–H and O–H groups in total. The number of aromatic nitrogens is 3. The zero-order valence-electron chi connectivity index (χ0n) is 23.8. The van der Waals surface area contributed by atoms with Crippen LogP contribution in [-0.2, 0) is 16.1 Å². The molecule has 0 aliphatic carbocycles. The van der Waals surface area contributed by atoms with Crippen LogP contribution in [0.1, 0.15) is 60.6 Å². The second-order valence-corrected chi connectivity index (χ2v) is 10.9. The average molecular weight is 595 g/mol. The fourth-order valence-corrected chi connectivity index (χ4v) is 5.43. The largest absolute Gasteiger partial charge is 0.481 e. The van der Waals surface area contributed by atoms with Gasteiger partial charge in [-0.25, -0.2) is 15.0 Å². The molecule has 2 aliphatic heterocycles. The van der Waals surface area contributed by atoms with Crippen LogP contribution in [0.25, 0.3) is 11.3 Å². The monoisotopic (exact) mass is 594 g/mol. The minimum Gasteiger partial charge on any atom is -0.481 e. The first-order chi connectivity index (χ1) is 20.3. The van der Waals surface area contributed by atoms with Crippen LogP contribution in [0.4, 0.5) is 5.95 Å². The van der Waals surface area contributed by atoms with Crippen LogP contribution in [0.2, 0.25) is 5.02 Å². The molecule has 1 aromatic carbocycles. The lowest BCUT2D eigenvalue weighted by Gasteiger charge is -2.29. The molecule has 2 aliphatic rings. The Hall–Kier alpha value is -3.80. The van der Waals surface area contributed by atoms with Gasteiger partial charge in [-0.3, -0.25) is 9.59 Å². The molecule has 11 nitrogen and oxygen atoms in total. The minimum absolute atomic E-state index is 0.217. The Kier molecular flexibility index (Phi) is 9.20. The van der Waals surface area contributed by atoms with Gasteiger partial charge in [-0.05, 0) is 49.4 Å². The Morgan fingerprint density at radius 3 is 2.76 bits per heavy atom. The summed E-state index contributed by atoms with van der Waals surface area (Å²) in [6.07, 6.45) is 4.42. The summed E-state index contributed by atoms with van der Waals surface area (Å²) < 4.78 is 10.6. The smallest absolute Gasteiger partial charge is 0.255 e. The molecule has 0 bridgehead atoms. The number of hydrogen-bond donors (Lipinski definition) is 3. The fraction of sp³-hybridized carbons (Fsp3) is 0.433. The Balaban J connectivity index is 1.32. The number of anilines is 1. The van der Waals surface area contributed by atoms with E-state index in [1.807, 2.05) is 19.1 Å². The summed E-state index contributed by atoms with van der Waals surface area (Å²) in [6, 6.07) is 7.63. The summed E-state index contributed by atoms with van der Waals surface area (Å²) >= 11 is 6.48. The van der Waals surface area contributed by atoms with Gasteiger partial charge in [0.05, 0.1) is 36.2 Å². The van der Waals surface area contributed by atoms with Crippen LogP contribution < -0.4 is 15.4 Å². The van der Waals surface area contributed by atoms with Crippen LogP contribution in [0.3, 0.4) is 0 Å². The molecule has 3 atom stereocenters. The van der Waals surface area contributed by atoms with Crippen molar-refractivity contribution >= 4 is 29.4 Å². The first kappa shape index (κ1) is 29.7. The lowest BCUT2D eigenvalue weighted by atomic mass is 10.00. The molecular weight excluding hydrogens is 560 g/mol. The van der Waals surface area contributed by atoms with E-state index in [1.165, 1.54) is 12.0 Å². The highest BCUT2D eigenvalue weighted by atomic mass is 35.5. The SMILES string of the molecule is CC[C@H](O)[C@@H](NC(=O)[C@@H](C)N1Cc2ccc(-c3nc(NC4CCOCC4)ncc3Cl)cc2C1=O)c1ccnc(OC)c1. The van der Waals surface area contributed by atoms with Crippen LogP contribution in [-0.4, -0.2) is 75.3 Å². The maximum absolute atomic E-state index is 13.6. The highest BCUT2D eigenvalue weighted by Crippen LogP contribution is 2.33. The number of carbonyl (C=O) groups is 2. The molecule has 0 saturated carbocycles. The number of carbonyl (C=O) groups excluding carboxylic acids is 2. The molecule has 0 spiro atoms. The molecule has 0 unspecified atom stereocenters. The van der Waals surface area contributed by atoms with Gasteiger partial charge in [0.1, 0.15) is 6.04 Å². The predicted octanol–water partition coefficient (Wildman–Crippen LogP) is 3.76. The van der Waals surface area contributed by atoms with Crippen LogP contribution in [0.5, 0.6) is 5.88 Å². The number of benzene rings is 1. The minimum atomic E-state index is -0.842. The van der Waals surface area contributed by atoms with Crippen molar-refractivity contribution in [2.45, 2.75) is 63.9 Å². The van der Waals surface area contributed by atoms with E-state index >= 15 is 0 Å². The topological polar surface area (TPSA) is 139 Å². The summed E-state index contributed by atoms with van der Waals surface area (Å²) in [5.74, 6) is 0.195. The van der Waals surface area contributed by atoms with E-state index in [9.17, 15) is 14.7 Å². The van der Waals surface area contributed by atoms with Crippen molar-refractivity contribution in [1.29, 1.82) is 0 Å². The highest BCUT2D eigenvalue weighted by molar-refractivity contribution is 6.33. The van der Waals surface area contributed by atoms with Gasteiger partial charge >= 0.3 is 0 Å². The van der Waals surface area contributed by atoms with E-state index in [-0.39, 0.29) is 24.4 Å². The number of hydrogen-bond acceptors (Lipinski definition) is 9. The van der Waals surface area contributed by atoms with Crippen molar-refractivity contribution in [3.05, 3.63) is 64.4 Å². The van der Waals surface area contributed by atoms with Crippen molar-refractivity contribution in [3.63, 3.8) is 0 Å². The highest BCUT2D eigenvalue weighted by Gasteiger charge is 2.36. The molecule has 42 heavy (non-hydrogen) atoms. The Morgan fingerprint density at radius 2 is 2.02 bits per heavy atom. The van der Waals surface area contributed by atoms with E-state index in [0.29, 0.717) is 58.9 Å². The molecule has 4 heterocycles. The van der Waals surface area contributed by atoms with Crippen molar-refractivity contribution in [2.75, 3.05) is 25.6 Å². The number of methoxy groups -OCH3 is 1. The van der Waals surface area contributed by atoms with E-state index in [1.54, 1.807) is 37.5 Å². The molecule has 5 rings (SSSR count). The van der Waals surface area contributed by atoms with Gasteiger partial charge in [0.2, 0.25) is 17.7 Å². The number of amides is 2. The van der Waals surface area contributed by atoms with Gasteiger partial charge < -0.3 is 30.1 Å². The van der Waals surface area contributed by atoms with Crippen molar-refractivity contribution < 1.29 is 24.2 Å². The van der Waals surface area contributed by atoms with Crippen molar-refractivity contribution in [3.8, 4) is 17.1 Å². The molecule has 3 aromatic rings. The molecule has 12 heteroatoms. The number of nitrogens with one attached hydrogen (secondary N) is 2. The molecule has 0 radical (unpaired) electrons. The first-order valence-corrected chi connectivity index (χ1v) is 14.5. The maximum atomic E-state index is 13.6. The molecule has 2 amide bonds. The zero-order chi connectivity index (χ0) is 29.8. The summed E-state index contributed by atoms with van der Waals surface area (Å²) in [6.45, 7) is 5.17. The normalized spacial score (nSPS) is 17.4. The Bertz CT molecular complexity index is 1450. The fourth-order valence-electron chi connectivity index (χ4n) is 5.23. The van der Waals surface area contributed by atoms with Gasteiger partial charge in [-0.1, -0.05) is 30.7 Å². The van der Waals surface area contributed by atoms with Gasteiger partial charge in [0, 0.05) is 49.2 Å². The van der Waals surface area contributed by atoms with Crippen LogP contribution in [0, 0.1) is 0 Å². The van der Waals surface area contributed by atoms with E-state index in [4.69, 9.17) is 21.1 Å². The third-order valence-electron chi connectivity index (χ3n) is 7.79. The summed E-state index contributed by atoms with van der Waals surface area (Å²) in [7, 11) is 1.50. The van der Waals surface area contributed by atoms with Crippen molar-refractivity contribution in [2.24, 2.45) is 0 Å². The molecule has 2 aromatic heterocycles. The number of ether oxygens (including phenoxy) is 2. The Labute approximate surface area is 249 Å². The molecule has 1 saturated heterocycles. The Morgan fingerprint density at radius 1 is 1.24 bits per heavy atom. The average Bonchev–Trinajstić information content (AvgIpc) is 3.35. The number of fused-ring (bicyclic) bond motifs is 1. The number of rotatable bonds is 10. The predicted molar refractivity (Wildman–Crippen MR) is 157 cm³/mol. The summed E-state index contributed by atoms with van der Waals surface area (Å²) in [4.78, 5) is 41.6. The lowest BCUT2D eigenvalue weighted by Crippen LogP contribution is -2.48. The second-order valence-electron chi connectivity index (χ2n) is 10.5.